The fourth-order valence-corrected chi connectivity index (χ4v) is 3.19. The molecule has 3 unspecified atom stereocenters. The summed E-state index contributed by atoms with van der Waals surface area (Å²) in [5, 5.41) is 3.68. The van der Waals surface area contributed by atoms with Gasteiger partial charge in [0.2, 0.25) is 0 Å². The number of piperidine rings is 1. The van der Waals surface area contributed by atoms with Crippen LogP contribution in [0.1, 0.15) is 67.7 Å². The topological polar surface area (TPSA) is 50.8 Å². The summed E-state index contributed by atoms with van der Waals surface area (Å²) in [4.78, 5) is 14.2. The highest BCUT2D eigenvalue weighted by Crippen LogP contribution is 2.23. The van der Waals surface area contributed by atoms with Crippen molar-refractivity contribution in [3.8, 4) is 0 Å². The van der Waals surface area contributed by atoms with E-state index in [9.17, 15) is 4.79 Å². The van der Waals surface area contributed by atoms with Crippen molar-refractivity contribution in [2.45, 2.75) is 97.1 Å². The lowest BCUT2D eigenvalue weighted by Gasteiger charge is -2.41. The molecule has 1 aliphatic rings. The van der Waals surface area contributed by atoms with Gasteiger partial charge in [0, 0.05) is 31.8 Å². The molecule has 0 radical (unpaired) electrons. The molecule has 0 aromatic heterocycles. The number of hydrogen-bond acceptors (Lipinski definition) is 4. The summed E-state index contributed by atoms with van der Waals surface area (Å²) in [5.41, 5.74) is -0.595. The zero-order chi connectivity index (χ0) is 17.8. The molecule has 5 nitrogen and oxygen atoms in total. The van der Waals surface area contributed by atoms with Gasteiger partial charge in [-0.3, -0.25) is 0 Å². The number of rotatable bonds is 5. The summed E-state index contributed by atoms with van der Waals surface area (Å²) in [6.45, 7) is 15.0. The van der Waals surface area contributed by atoms with Gasteiger partial charge in [-0.15, -0.1) is 0 Å². The first-order chi connectivity index (χ1) is 10.4. The van der Waals surface area contributed by atoms with Crippen molar-refractivity contribution in [1.29, 1.82) is 0 Å². The number of carbonyl (C=O) groups excluding carboxylic acids is 1. The zero-order valence-corrected chi connectivity index (χ0v) is 16.2. The molecule has 1 amide bonds. The molecular weight excluding hydrogens is 292 g/mol. The highest BCUT2D eigenvalue weighted by Gasteiger charge is 2.34. The van der Waals surface area contributed by atoms with E-state index in [4.69, 9.17) is 9.47 Å². The number of nitrogens with zero attached hydrogens (tertiary/aromatic N) is 1. The summed E-state index contributed by atoms with van der Waals surface area (Å²) in [6.07, 6.45) is 2.81. The van der Waals surface area contributed by atoms with Gasteiger partial charge in [0.1, 0.15) is 5.60 Å². The standard InChI is InChI=1S/C18H36N2O3/c1-13(12-18(6,7)22-8)19-15-10-9-11-20(14(15)2)16(21)23-17(3,4)5/h13-15,19H,9-12H2,1-8H3. The van der Waals surface area contributed by atoms with Crippen LogP contribution in [0.15, 0.2) is 0 Å². The van der Waals surface area contributed by atoms with Crippen LogP contribution in [0.3, 0.4) is 0 Å². The molecule has 1 fully saturated rings. The zero-order valence-electron chi connectivity index (χ0n) is 16.2. The maximum absolute atomic E-state index is 12.4. The molecule has 1 saturated heterocycles. The molecule has 1 heterocycles. The number of methoxy groups -OCH3 is 1. The maximum atomic E-state index is 12.4. The molecule has 1 rings (SSSR count). The number of hydrogen-bond donors (Lipinski definition) is 1. The summed E-state index contributed by atoms with van der Waals surface area (Å²) in [6, 6.07) is 0.751. The first-order valence-electron chi connectivity index (χ1n) is 8.76. The predicted molar refractivity (Wildman–Crippen MR) is 93.7 cm³/mol. The predicted octanol–water partition coefficient (Wildman–Crippen LogP) is 3.57. The minimum Gasteiger partial charge on any atom is -0.444 e. The smallest absolute Gasteiger partial charge is 0.410 e. The summed E-state index contributed by atoms with van der Waals surface area (Å²) in [7, 11) is 1.75. The van der Waals surface area contributed by atoms with Gasteiger partial charge in [-0.1, -0.05) is 0 Å². The van der Waals surface area contributed by atoms with Crippen molar-refractivity contribution >= 4 is 6.09 Å². The Kier molecular flexibility index (Phi) is 6.90. The van der Waals surface area contributed by atoms with Crippen LogP contribution < -0.4 is 5.32 Å². The van der Waals surface area contributed by atoms with E-state index in [2.05, 4.69) is 33.0 Å². The van der Waals surface area contributed by atoms with Crippen molar-refractivity contribution < 1.29 is 14.3 Å². The SMILES string of the molecule is COC(C)(C)CC(C)NC1CCCN(C(=O)OC(C)(C)C)C1C. The molecule has 0 aromatic carbocycles. The molecule has 3 atom stereocenters. The number of amides is 1. The normalized spacial score (nSPS) is 24.4. The van der Waals surface area contributed by atoms with Crippen LogP contribution in [0.4, 0.5) is 4.79 Å². The molecule has 0 bridgehead atoms. The van der Waals surface area contributed by atoms with Crippen LogP contribution in [-0.2, 0) is 9.47 Å². The van der Waals surface area contributed by atoms with E-state index in [-0.39, 0.29) is 17.7 Å². The van der Waals surface area contributed by atoms with Gasteiger partial charge in [-0.05, 0) is 67.7 Å². The van der Waals surface area contributed by atoms with E-state index in [1.807, 2.05) is 25.7 Å². The Balaban J connectivity index is 2.62. The minimum absolute atomic E-state index is 0.131. The second-order valence-corrected chi connectivity index (χ2v) is 8.40. The third-order valence-corrected chi connectivity index (χ3v) is 4.47. The van der Waals surface area contributed by atoms with E-state index in [1.165, 1.54) is 0 Å². The van der Waals surface area contributed by atoms with Crippen molar-refractivity contribution in [2.75, 3.05) is 13.7 Å². The van der Waals surface area contributed by atoms with Gasteiger partial charge in [-0.25, -0.2) is 4.79 Å². The van der Waals surface area contributed by atoms with Crippen LogP contribution in [-0.4, -0.2) is 54.0 Å². The van der Waals surface area contributed by atoms with E-state index >= 15 is 0 Å². The average Bonchev–Trinajstić information content (AvgIpc) is 2.38. The summed E-state index contributed by atoms with van der Waals surface area (Å²) in [5.74, 6) is 0. The largest absolute Gasteiger partial charge is 0.444 e. The van der Waals surface area contributed by atoms with Gasteiger partial charge < -0.3 is 19.7 Å². The Morgan fingerprint density at radius 3 is 2.43 bits per heavy atom. The average molecular weight is 328 g/mol. The van der Waals surface area contributed by atoms with Crippen LogP contribution in [0.25, 0.3) is 0 Å². The van der Waals surface area contributed by atoms with Gasteiger partial charge >= 0.3 is 6.09 Å². The van der Waals surface area contributed by atoms with Crippen molar-refractivity contribution in [1.82, 2.24) is 10.2 Å². The second-order valence-electron chi connectivity index (χ2n) is 8.40. The lowest BCUT2D eigenvalue weighted by Crippen LogP contribution is -2.57. The van der Waals surface area contributed by atoms with E-state index in [1.54, 1.807) is 7.11 Å². The Morgan fingerprint density at radius 1 is 1.30 bits per heavy atom. The molecule has 136 valence electrons. The molecule has 1 aliphatic heterocycles. The van der Waals surface area contributed by atoms with Gasteiger partial charge in [-0.2, -0.15) is 0 Å². The molecule has 23 heavy (non-hydrogen) atoms. The maximum Gasteiger partial charge on any atom is 0.410 e. The monoisotopic (exact) mass is 328 g/mol. The first kappa shape index (κ1) is 20.2. The highest BCUT2D eigenvalue weighted by molar-refractivity contribution is 5.68. The van der Waals surface area contributed by atoms with Crippen LogP contribution in [0, 0.1) is 0 Å². The molecule has 0 aromatic rings. The van der Waals surface area contributed by atoms with E-state index in [0.717, 1.165) is 25.8 Å². The molecule has 0 spiro atoms. The third kappa shape index (κ3) is 6.68. The Hall–Kier alpha value is -0.810. The third-order valence-electron chi connectivity index (χ3n) is 4.47. The molecule has 5 heteroatoms. The molecule has 1 N–H and O–H groups in total. The Morgan fingerprint density at radius 2 is 1.91 bits per heavy atom. The lowest BCUT2D eigenvalue weighted by molar-refractivity contribution is -0.00230. The highest BCUT2D eigenvalue weighted by atomic mass is 16.6. The van der Waals surface area contributed by atoms with E-state index in [0.29, 0.717) is 12.1 Å². The number of carbonyl (C=O) groups is 1. The quantitative estimate of drug-likeness (QED) is 0.838. The number of likely N-dealkylation sites (tertiary alicyclic amines) is 1. The Bertz CT molecular complexity index is 390. The number of nitrogens with one attached hydrogen (secondary N) is 1. The van der Waals surface area contributed by atoms with Crippen molar-refractivity contribution in [3.05, 3.63) is 0 Å². The van der Waals surface area contributed by atoms with Crippen molar-refractivity contribution in [3.63, 3.8) is 0 Å². The lowest BCUT2D eigenvalue weighted by atomic mass is 9.94. The minimum atomic E-state index is -0.451. The van der Waals surface area contributed by atoms with Crippen molar-refractivity contribution in [2.24, 2.45) is 0 Å². The molecule has 0 saturated carbocycles. The molecular formula is C18H36N2O3. The van der Waals surface area contributed by atoms with Gasteiger partial charge in [0.05, 0.1) is 5.60 Å². The first-order valence-corrected chi connectivity index (χ1v) is 8.76. The second kappa shape index (κ2) is 7.84. The summed E-state index contributed by atoms with van der Waals surface area (Å²) < 4.78 is 11.1. The van der Waals surface area contributed by atoms with Crippen LogP contribution in [0.5, 0.6) is 0 Å². The Labute approximate surface area is 142 Å². The van der Waals surface area contributed by atoms with Gasteiger partial charge in [0.15, 0.2) is 0 Å². The van der Waals surface area contributed by atoms with Gasteiger partial charge in [0.25, 0.3) is 0 Å². The van der Waals surface area contributed by atoms with E-state index < -0.39 is 5.60 Å². The van der Waals surface area contributed by atoms with Crippen LogP contribution >= 0.6 is 0 Å². The van der Waals surface area contributed by atoms with Crippen LogP contribution in [0.2, 0.25) is 0 Å². The summed E-state index contributed by atoms with van der Waals surface area (Å²) >= 11 is 0. The molecule has 0 aliphatic carbocycles. The fourth-order valence-electron chi connectivity index (χ4n) is 3.19. The fraction of sp³-hybridized carbons (Fsp3) is 0.944. The number of ether oxygens (including phenoxy) is 2.